The van der Waals surface area contributed by atoms with E-state index >= 15 is 0 Å². The van der Waals surface area contributed by atoms with E-state index in [-0.39, 0.29) is 22.5 Å². The topological polar surface area (TPSA) is 146 Å². The van der Waals surface area contributed by atoms with Crippen LogP contribution in [-0.2, 0) is 24.2 Å². The Balaban J connectivity index is 1.60. The fraction of sp³-hybridized carbons (Fsp3) is 0.333. The number of oxime groups is 1. The van der Waals surface area contributed by atoms with Gasteiger partial charge in [0, 0.05) is 12.7 Å². The molecule has 1 saturated carbocycles. The molecule has 0 aliphatic heterocycles. The van der Waals surface area contributed by atoms with Crippen molar-refractivity contribution in [1.29, 1.82) is 0 Å². The average Bonchev–Trinajstić information content (AvgIpc) is 3.56. The highest BCUT2D eigenvalue weighted by atomic mass is 32.2. The van der Waals surface area contributed by atoms with Crippen LogP contribution in [0.5, 0.6) is 0 Å². The van der Waals surface area contributed by atoms with E-state index in [1.807, 2.05) is 0 Å². The molecule has 1 fully saturated rings. The van der Waals surface area contributed by atoms with Crippen LogP contribution in [0.25, 0.3) is 10.3 Å². The lowest BCUT2D eigenvalue weighted by molar-refractivity contribution is -0.110. The Hall–Kier alpha value is -3.09. The summed E-state index contributed by atoms with van der Waals surface area (Å²) in [5.74, 6) is -0.211. The van der Waals surface area contributed by atoms with Crippen LogP contribution >= 0.6 is 11.3 Å². The van der Waals surface area contributed by atoms with E-state index in [0.717, 1.165) is 0 Å². The quantitative estimate of drug-likeness (QED) is 0.344. The molecule has 12 heteroatoms. The molecular formula is C21H23N5O5S2. The highest BCUT2D eigenvalue weighted by Gasteiger charge is 2.36. The summed E-state index contributed by atoms with van der Waals surface area (Å²) >= 11 is 1.17. The Labute approximate surface area is 194 Å². The standard InChI is InChI=1S/C21H23N5O5S2/c1-12(11-30-2)31-26-18(13-3-5-14(6-4-13)33(28,29)15-7-8-15)19(27)25-21-23-16-9-10-17(22)24-20(16)32-21/h3-6,9-10,12,15H,7-8,11H2,1-2H3,(H2,22,24)(H,23,25,27)/t12-/m1/s1. The first-order valence-corrected chi connectivity index (χ1v) is 12.6. The van der Waals surface area contributed by atoms with E-state index in [1.54, 1.807) is 31.2 Å². The van der Waals surface area contributed by atoms with Gasteiger partial charge < -0.3 is 15.3 Å². The molecule has 1 atom stereocenters. The average molecular weight is 490 g/mol. The van der Waals surface area contributed by atoms with Gasteiger partial charge in [0.25, 0.3) is 5.91 Å². The second-order valence-corrected chi connectivity index (χ2v) is 10.8. The van der Waals surface area contributed by atoms with Gasteiger partial charge in [0.05, 0.1) is 16.8 Å². The van der Waals surface area contributed by atoms with Crippen molar-refractivity contribution in [2.75, 3.05) is 24.8 Å². The molecule has 0 bridgehead atoms. The van der Waals surface area contributed by atoms with Crippen molar-refractivity contribution in [3.05, 3.63) is 42.0 Å². The number of hydrogen-bond donors (Lipinski definition) is 2. The van der Waals surface area contributed by atoms with Gasteiger partial charge in [-0.2, -0.15) is 0 Å². The second-order valence-electron chi connectivity index (χ2n) is 7.61. The number of methoxy groups -OCH3 is 1. The lowest BCUT2D eigenvalue weighted by atomic mass is 10.1. The first-order valence-electron chi connectivity index (χ1n) is 10.2. The normalized spacial score (nSPS) is 15.4. The molecule has 10 nitrogen and oxygen atoms in total. The van der Waals surface area contributed by atoms with Crippen LogP contribution in [0.3, 0.4) is 0 Å². The Morgan fingerprint density at radius 2 is 1.97 bits per heavy atom. The van der Waals surface area contributed by atoms with Crippen molar-refractivity contribution in [2.24, 2.45) is 5.16 Å². The first-order chi connectivity index (χ1) is 15.8. The van der Waals surface area contributed by atoms with Crippen LogP contribution in [0.4, 0.5) is 10.9 Å². The third kappa shape index (κ3) is 5.29. The van der Waals surface area contributed by atoms with E-state index in [1.165, 1.54) is 30.6 Å². The van der Waals surface area contributed by atoms with Gasteiger partial charge in [-0.1, -0.05) is 28.6 Å². The van der Waals surface area contributed by atoms with Gasteiger partial charge in [0.1, 0.15) is 22.3 Å². The summed E-state index contributed by atoms with van der Waals surface area (Å²) in [7, 11) is -1.81. The predicted octanol–water partition coefficient (Wildman–Crippen LogP) is 2.60. The Kier molecular flexibility index (Phi) is 6.58. The van der Waals surface area contributed by atoms with Crippen LogP contribution < -0.4 is 11.1 Å². The number of rotatable bonds is 9. The SMILES string of the molecule is COC[C@@H](C)ON=C(C(=O)Nc1nc2ccc(N)nc2s1)c1ccc(S(=O)(=O)C2CC2)cc1. The number of fused-ring (bicyclic) bond motifs is 1. The van der Waals surface area contributed by atoms with Crippen molar-refractivity contribution in [2.45, 2.75) is 36.0 Å². The molecule has 2 heterocycles. The smallest absolute Gasteiger partial charge is 0.280 e. The lowest BCUT2D eigenvalue weighted by Crippen LogP contribution is -2.25. The van der Waals surface area contributed by atoms with Crippen molar-refractivity contribution < 1.29 is 22.8 Å². The Bertz CT molecular complexity index is 1300. The molecule has 1 aliphatic carbocycles. The van der Waals surface area contributed by atoms with Crippen LogP contribution in [0, 0.1) is 0 Å². The summed E-state index contributed by atoms with van der Waals surface area (Å²) in [4.78, 5) is 27.8. The summed E-state index contributed by atoms with van der Waals surface area (Å²) < 4.78 is 30.0. The molecule has 174 valence electrons. The zero-order chi connectivity index (χ0) is 23.6. The second kappa shape index (κ2) is 9.41. The monoisotopic (exact) mass is 489 g/mol. The summed E-state index contributed by atoms with van der Waals surface area (Å²) in [6.45, 7) is 2.03. The first kappa shape index (κ1) is 23.1. The number of hydrogen-bond acceptors (Lipinski definition) is 10. The maximum atomic E-state index is 13.1. The zero-order valence-electron chi connectivity index (χ0n) is 18.0. The minimum atomic E-state index is -3.34. The minimum Gasteiger partial charge on any atom is -0.390 e. The predicted molar refractivity (Wildman–Crippen MR) is 126 cm³/mol. The number of carbonyl (C=O) groups is 1. The lowest BCUT2D eigenvalue weighted by Gasteiger charge is -2.11. The number of anilines is 2. The highest BCUT2D eigenvalue weighted by Crippen LogP contribution is 2.33. The van der Waals surface area contributed by atoms with E-state index in [4.69, 9.17) is 15.3 Å². The number of aromatic nitrogens is 2. The van der Waals surface area contributed by atoms with E-state index < -0.39 is 21.8 Å². The van der Waals surface area contributed by atoms with Crippen LogP contribution in [0.1, 0.15) is 25.3 Å². The number of amides is 1. The number of pyridine rings is 1. The molecule has 3 N–H and O–H groups in total. The number of ether oxygens (including phenoxy) is 1. The maximum absolute atomic E-state index is 13.1. The van der Waals surface area contributed by atoms with E-state index in [9.17, 15) is 13.2 Å². The highest BCUT2D eigenvalue weighted by molar-refractivity contribution is 7.92. The molecule has 0 spiro atoms. The van der Waals surface area contributed by atoms with Crippen molar-refractivity contribution >= 4 is 54.1 Å². The number of carbonyl (C=O) groups excluding carboxylic acids is 1. The van der Waals surface area contributed by atoms with Gasteiger partial charge in [-0.25, -0.2) is 18.4 Å². The van der Waals surface area contributed by atoms with Gasteiger partial charge in [-0.3, -0.25) is 10.1 Å². The molecule has 1 aromatic carbocycles. The summed E-state index contributed by atoms with van der Waals surface area (Å²) in [6, 6.07) is 9.39. The van der Waals surface area contributed by atoms with Crippen LogP contribution in [0.2, 0.25) is 0 Å². The van der Waals surface area contributed by atoms with Gasteiger partial charge in [-0.05, 0) is 44.0 Å². The fourth-order valence-corrected chi connectivity index (χ4v) is 5.54. The summed E-state index contributed by atoms with van der Waals surface area (Å²) in [5.41, 5.74) is 6.68. The van der Waals surface area contributed by atoms with Crippen molar-refractivity contribution in [3.8, 4) is 0 Å². The number of thiazole rings is 1. The van der Waals surface area contributed by atoms with Crippen molar-refractivity contribution in [3.63, 3.8) is 0 Å². The molecular weight excluding hydrogens is 466 g/mol. The number of nitrogens with one attached hydrogen (secondary N) is 1. The molecule has 2 aromatic heterocycles. The van der Waals surface area contributed by atoms with Gasteiger partial charge in [-0.15, -0.1) is 0 Å². The number of sulfone groups is 1. The molecule has 3 aromatic rings. The van der Waals surface area contributed by atoms with Crippen molar-refractivity contribution in [1.82, 2.24) is 9.97 Å². The summed E-state index contributed by atoms with van der Waals surface area (Å²) in [6.07, 6.45) is 0.946. The van der Waals surface area contributed by atoms with Gasteiger partial charge in [0.15, 0.2) is 20.7 Å². The molecule has 4 rings (SSSR count). The maximum Gasteiger partial charge on any atom is 0.280 e. The number of nitrogen functional groups attached to an aromatic ring is 1. The number of nitrogens with zero attached hydrogens (tertiary/aromatic N) is 3. The number of benzene rings is 1. The van der Waals surface area contributed by atoms with E-state index in [2.05, 4.69) is 20.4 Å². The molecule has 1 amide bonds. The zero-order valence-corrected chi connectivity index (χ0v) is 19.6. The fourth-order valence-electron chi connectivity index (χ4n) is 3.05. The largest absolute Gasteiger partial charge is 0.390 e. The molecule has 33 heavy (non-hydrogen) atoms. The number of nitrogens with two attached hydrogens (primary N) is 1. The third-order valence-corrected chi connectivity index (χ3v) is 8.02. The Morgan fingerprint density at radius 1 is 1.24 bits per heavy atom. The molecule has 1 aliphatic rings. The summed E-state index contributed by atoms with van der Waals surface area (Å²) in [5, 5.41) is 6.74. The minimum absolute atomic E-state index is 0.0277. The molecule has 0 radical (unpaired) electrons. The van der Waals surface area contributed by atoms with Crippen LogP contribution in [-0.4, -0.2) is 55.1 Å². The Morgan fingerprint density at radius 3 is 2.64 bits per heavy atom. The van der Waals surface area contributed by atoms with E-state index in [0.29, 0.717) is 39.7 Å². The molecule has 0 unspecified atom stereocenters. The van der Waals surface area contributed by atoms with Gasteiger partial charge in [0.2, 0.25) is 0 Å². The molecule has 0 saturated heterocycles. The van der Waals surface area contributed by atoms with Crippen LogP contribution in [0.15, 0.2) is 46.4 Å². The third-order valence-electron chi connectivity index (χ3n) is 4.86. The van der Waals surface area contributed by atoms with Gasteiger partial charge >= 0.3 is 0 Å².